The van der Waals surface area contributed by atoms with Crippen molar-refractivity contribution in [1.29, 1.82) is 0 Å². The molecule has 0 radical (unpaired) electrons. The van der Waals surface area contributed by atoms with Crippen LogP contribution in [-0.2, 0) is 14.8 Å². The zero-order valence-electron chi connectivity index (χ0n) is 10.6. The SMILES string of the molecule is Nc1cc(Cl)c(S(=O)(=O)N2CC3CCC(C2)O3)c(Cl)c1. The topological polar surface area (TPSA) is 72.6 Å². The maximum Gasteiger partial charge on any atom is 0.246 e. The number of anilines is 1. The van der Waals surface area contributed by atoms with Crippen LogP contribution in [-0.4, -0.2) is 38.0 Å². The lowest BCUT2D eigenvalue weighted by Gasteiger charge is -2.31. The van der Waals surface area contributed by atoms with Gasteiger partial charge in [0.05, 0.1) is 22.3 Å². The van der Waals surface area contributed by atoms with E-state index in [1.165, 1.54) is 16.4 Å². The van der Waals surface area contributed by atoms with Gasteiger partial charge in [-0.3, -0.25) is 0 Å². The molecule has 1 aromatic rings. The molecular formula is C12H14Cl2N2O3S. The van der Waals surface area contributed by atoms with Crippen LogP contribution in [0.5, 0.6) is 0 Å². The molecule has 20 heavy (non-hydrogen) atoms. The van der Waals surface area contributed by atoms with E-state index < -0.39 is 10.0 Å². The largest absolute Gasteiger partial charge is 0.399 e. The number of nitrogen functional groups attached to an aromatic ring is 1. The van der Waals surface area contributed by atoms with Crippen molar-refractivity contribution in [2.24, 2.45) is 0 Å². The Hall–Kier alpha value is -0.530. The minimum atomic E-state index is -3.73. The van der Waals surface area contributed by atoms with Gasteiger partial charge in [-0.2, -0.15) is 4.31 Å². The number of nitrogens with zero attached hydrogens (tertiary/aromatic N) is 1. The Balaban J connectivity index is 2.00. The molecule has 2 unspecified atom stereocenters. The van der Waals surface area contributed by atoms with Gasteiger partial charge in [0.25, 0.3) is 0 Å². The summed E-state index contributed by atoms with van der Waals surface area (Å²) in [4.78, 5) is -0.0728. The summed E-state index contributed by atoms with van der Waals surface area (Å²) >= 11 is 12.1. The summed E-state index contributed by atoms with van der Waals surface area (Å²) in [6.07, 6.45) is 1.71. The van der Waals surface area contributed by atoms with Gasteiger partial charge < -0.3 is 10.5 Å². The highest BCUT2D eigenvalue weighted by Gasteiger charge is 2.40. The van der Waals surface area contributed by atoms with Gasteiger partial charge in [0.1, 0.15) is 4.90 Å². The second-order valence-electron chi connectivity index (χ2n) is 5.09. The Kier molecular flexibility index (Phi) is 3.63. The summed E-state index contributed by atoms with van der Waals surface area (Å²) in [7, 11) is -3.73. The Morgan fingerprint density at radius 2 is 1.65 bits per heavy atom. The molecule has 2 N–H and O–H groups in total. The Labute approximate surface area is 127 Å². The molecule has 0 aliphatic carbocycles. The smallest absolute Gasteiger partial charge is 0.246 e. The first-order valence-electron chi connectivity index (χ1n) is 6.28. The van der Waals surface area contributed by atoms with E-state index in [1.807, 2.05) is 0 Å². The molecule has 2 saturated heterocycles. The van der Waals surface area contributed by atoms with Crippen LogP contribution < -0.4 is 5.73 Å². The normalized spacial score (nSPS) is 26.9. The summed E-state index contributed by atoms with van der Waals surface area (Å²) in [6, 6.07) is 2.80. The van der Waals surface area contributed by atoms with Gasteiger partial charge in [0.2, 0.25) is 10.0 Å². The molecule has 2 aliphatic rings. The molecule has 3 rings (SSSR count). The fourth-order valence-electron chi connectivity index (χ4n) is 2.73. The molecule has 0 spiro atoms. The Morgan fingerprint density at radius 1 is 1.15 bits per heavy atom. The quantitative estimate of drug-likeness (QED) is 0.839. The molecule has 2 aliphatic heterocycles. The monoisotopic (exact) mass is 336 g/mol. The predicted molar refractivity (Wildman–Crippen MR) is 77.5 cm³/mol. The summed E-state index contributed by atoms with van der Waals surface area (Å²) in [6.45, 7) is 0.686. The minimum Gasteiger partial charge on any atom is -0.399 e. The molecule has 5 nitrogen and oxygen atoms in total. The van der Waals surface area contributed by atoms with Crippen LogP contribution in [0.1, 0.15) is 12.8 Å². The molecule has 8 heteroatoms. The van der Waals surface area contributed by atoms with Gasteiger partial charge in [0, 0.05) is 18.8 Å². The number of halogens is 2. The Morgan fingerprint density at radius 3 is 2.15 bits per heavy atom. The second kappa shape index (κ2) is 5.03. The summed E-state index contributed by atoms with van der Waals surface area (Å²) < 4.78 is 32.5. The number of ether oxygens (including phenoxy) is 1. The van der Waals surface area contributed by atoms with Gasteiger partial charge in [-0.15, -0.1) is 0 Å². The maximum absolute atomic E-state index is 12.7. The van der Waals surface area contributed by atoms with Crippen LogP contribution in [0.25, 0.3) is 0 Å². The highest BCUT2D eigenvalue weighted by atomic mass is 35.5. The van der Waals surface area contributed by atoms with Crippen molar-refractivity contribution in [2.75, 3.05) is 18.8 Å². The average Bonchev–Trinajstić information content (AvgIpc) is 2.66. The second-order valence-corrected chi connectivity index (χ2v) is 7.78. The van der Waals surface area contributed by atoms with Crippen molar-refractivity contribution in [3.63, 3.8) is 0 Å². The van der Waals surface area contributed by atoms with Gasteiger partial charge in [-0.05, 0) is 25.0 Å². The molecule has 0 saturated carbocycles. The third-order valence-corrected chi connectivity index (χ3v) is 6.38. The van der Waals surface area contributed by atoms with E-state index in [9.17, 15) is 8.42 Å². The van der Waals surface area contributed by atoms with Crippen LogP contribution in [0.2, 0.25) is 10.0 Å². The van der Waals surface area contributed by atoms with Crippen LogP contribution in [0.15, 0.2) is 17.0 Å². The molecule has 2 bridgehead atoms. The van der Waals surface area contributed by atoms with Crippen molar-refractivity contribution in [3.05, 3.63) is 22.2 Å². The highest BCUT2D eigenvalue weighted by molar-refractivity contribution is 7.89. The fourth-order valence-corrected chi connectivity index (χ4v) is 5.41. The van der Waals surface area contributed by atoms with Gasteiger partial charge in [-0.25, -0.2) is 8.42 Å². The van der Waals surface area contributed by atoms with Crippen molar-refractivity contribution in [1.82, 2.24) is 4.31 Å². The van der Waals surface area contributed by atoms with Crippen LogP contribution in [0.3, 0.4) is 0 Å². The van der Waals surface area contributed by atoms with Crippen LogP contribution in [0.4, 0.5) is 5.69 Å². The summed E-state index contributed by atoms with van der Waals surface area (Å²) in [5.74, 6) is 0. The molecule has 0 aromatic heterocycles. The Bertz CT molecular complexity index is 615. The lowest BCUT2D eigenvalue weighted by molar-refractivity contribution is -0.0114. The van der Waals surface area contributed by atoms with E-state index in [0.29, 0.717) is 18.8 Å². The fraction of sp³-hybridized carbons (Fsp3) is 0.500. The lowest BCUT2D eigenvalue weighted by atomic mass is 10.2. The molecular weight excluding hydrogens is 323 g/mol. The van der Waals surface area contributed by atoms with E-state index in [-0.39, 0.29) is 27.1 Å². The molecule has 1 aromatic carbocycles. The summed E-state index contributed by atoms with van der Waals surface area (Å²) in [5.41, 5.74) is 5.94. The third-order valence-electron chi connectivity index (χ3n) is 3.63. The molecule has 2 atom stereocenters. The summed E-state index contributed by atoms with van der Waals surface area (Å²) in [5, 5.41) is 0.0997. The molecule has 2 fully saturated rings. The first kappa shape index (κ1) is 14.4. The number of sulfonamides is 1. The lowest BCUT2D eigenvalue weighted by Crippen LogP contribution is -2.45. The van der Waals surface area contributed by atoms with E-state index in [4.69, 9.17) is 33.7 Å². The van der Waals surface area contributed by atoms with Gasteiger partial charge in [0.15, 0.2) is 0 Å². The minimum absolute atomic E-state index is 0.0325. The van der Waals surface area contributed by atoms with E-state index in [0.717, 1.165) is 12.8 Å². The van der Waals surface area contributed by atoms with Crippen LogP contribution >= 0.6 is 23.2 Å². The molecule has 0 amide bonds. The molecule has 110 valence electrons. The van der Waals surface area contributed by atoms with Crippen molar-refractivity contribution < 1.29 is 13.2 Å². The third kappa shape index (κ3) is 2.40. The zero-order valence-corrected chi connectivity index (χ0v) is 12.9. The maximum atomic E-state index is 12.7. The zero-order chi connectivity index (χ0) is 14.5. The number of fused-ring (bicyclic) bond motifs is 2. The number of nitrogens with two attached hydrogens (primary N) is 1. The van der Waals surface area contributed by atoms with Crippen molar-refractivity contribution in [3.8, 4) is 0 Å². The first-order chi connectivity index (χ1) is 9.38. The molecule has 2 heterocycles. The number of benzene rings is 1. The van der Waals surface area contributed by atoms with Crippen molar-refractivity contribution >= 4 is 38.9 Å². The predicted octanol–water partition coefficient (Wildman–Crippen LogP) is 2.13. The first-order valence-corrected chi connectivity index (χ1v) is 8.47. The van der Waals surface area contributed by atoms with Crippen LogP contribution in [0, 0.1) is 0 Å². The van der Waals surface area contributed by atoms with E-state index in [1.54, 1.807) is 0 Å². The van der Waals surface area contributed by atoms with Gasteiger partial charge >= 0.3 is 0 Å². The number of morpholine rings is 1. The average molecular weight is 337 g/mol. The van der Waals surface area contributed by atoms with Crippen molar-refractivity contribution in [2.45, 2.75) is 29.9 Å². The number of hydrogen-bond acceptors (Lipinski definition) is 4. The number of hydrogen-bond donors (Lipinski definition) is 1. The highest BCUT2D eigenvalue weighted by Crippen LogP contribution is 2.36. The van der Waals surface area contributed by atoms with E-state index in [2.05, 4.69) is 0 Å². The van der Waals surface area contributed by atoms with E-state index >= 15 is 0 Å². The number of rotatable bonds is 2. The van der Waals surface area contributed by atoms with Gasteiger partial charge in [-0.1, -0.05) is 23.2 Å². The standard InChI is InChI=1S/C12H14Cl2N2O3S/c13-10-3-7(15)4-11(14)12(10)20(17,18)16-5-8-1-2-9(6-16)19-8/h3-4,8-9H,1-2,5-6,15H2.